The van der Waals surface area contributed by atoms with Crippen molar-refractivity contribution < 1.29 is 0 Å². The smallest absolute Gasteiger partial charge is 0.188 e. The summed E-state index contributed by atoms with van der Waals surface area (Å²) in [4.78, 5) is 7.50. The zero-order valence-corrected chi connectivity index (χ0v) is 17.4. The minimum atomic E-state index is 0. The lowest BCUT2D eigenvalue weighted by Crippen LogP contribution is -2.53. The van der Waals surface area contributed by atoms with Crippen LogP contribution < -0.4 is 11.1 Å². The summed E-state index contributed by atoms with van der Waals surface area (Å²) in [7, 11) is 0. The molecular weight excluding hydrogens is 419 g/mol. The molecule has 2 aliphatic carbocycles. The predicted molar refractivity (Wildman–Crippen MR) is 112 cm³/mol. The fraction of sp³-hybridized carbons (Fsp3) is 0.941. The van der Waals surface area contributed by atoms with Crippen molar-refractivity contribution >= 4 is 41.7 Å². The van der Waals surface area contributed by atoms with Gasteiger partial charge in [-0.05, 0) is 25.7 Å². The van der Waals surface area contributed by atoms with E-state index in [2.05, 4.69) is 22.0 Å². The largest absolute Gasteiger partial charge is 0.370 e. The van der Waals surface area contributed by atoms with E-state index in [1.54, 1.807) is 0 Å². The molecule has 3 N–H and O–H groups in total. The van der Waals surface area contributed by atoms with Gasteiger partial charge in [-0.3, -0.25) is 9.89 Å². The van der Waals surface area contributed by atoms with Gasteiger partial charge in [-0.15, -0.1) is 24.0 Å². The molecule has 134 valence electrons. The first-order valence-corrected chi connectivity index (χ1v) is 10.3. The summed E-state index contributed by atoms with van der Waals surface area (Å²) in [5, 5.41) is 3.47. The van der Waals surface area contributed by atoms with Gasteiger partial charge in [-0.2, -0.15) is 11.8 Å². The van der Waals surface area contributed by atoms with Crippen LogP contribution in [0.2, 0.25) is 0 Å². The van der Waals surface area contributed by atoms with Crippen LogP contribution in [-0.4, -0.2) is 53.6 Å². The number of nitrogens with one attached hydrogen (secondary N) is 1. The number of rotatable bonds is 4. The first-order valence-electron chi connectivity index (χ1n) is 9.18. The maximum absolute atomic E-state index is 6.19. The van der Waals surface area contributed by atoms with E-state index in [4.69, 9.17) is 10.7 Å². The third kappa shape index (κ3) is 5.39. The maximum Gasteiger partial charge on any atom is 0.188 e. The second-order valence-electron chi connectivity index (χ2n) is 7.21. The van der Waals surface area contributed by atoms with Gasteiger partial charge in [-0.25, -0.2) is 0 Å². The number of thioether (sulfide) groups is 1. The van der Waals surface area contributed by atoms with Crippen LogP contribution >= 0.6 is 35.7 Å². The molecule has 0 unspecified atom stereocenters. The Morgan fingerprint density at radius 2 is 1.74 bits per heavy atom. The molecule has 1 heterocycles. The number of halogens is 1. The molecule has 0 bridgehead atoms. The Balaban J connectivity index is 0.00000192. The molecule has 1 saturated heterocycles. The van der Waals surface area contributed by atoms with Gasteiger partial charge in [0.1, 0.15) is 0 Å². The second kappa shape index (κ2) is 9.70. The molecule has 0 aromatic heterocycles. The average Bonchev–Trinajstić information content (AvgIpc) is 3.05. The molecule has 0 spiro atoms. The molecule has 2 saturated carbocycles. The van der Waals surface area contributed by atoms with Crippen LogP contribution in [0.1, 0.15) is 57.8 Å². The van der Waals surface area contributed by atoms with Crippen LogP contribution in [0.4, 0.5) is 0 Å². The highest BCUT2D eigenvalue weighted by atomic mass is 127. The van der Waals surface area contributed by atoms with Crippen molar-refractivity contribution in [2.75, 3.05) is 31.1 Å². The van der Waals surface area contributed by atoms with E-state index in [1.165, 1.54) is 82.4 Å². The fourth-order valence-electron chi connectivity index (χ4n) is 4.38. The number of nitrogens with zero attached hydrogens (tertiary/aromatic N) is 2. The minimum absolute atomic E-state index is 0. The standard InChI is InChI=1S/C17H32N4S.HI/c18-16(20-15-6-2-1-3-7-15)19-14-17(8-4-5-9-17)21-10-12-22-13-11-21;/h15H,1-14H2,(H3,18,19,20);1H. The van der Waals surface area contributed by atoms with Crippen LogP contribution in [0, 0.1) is 0 Å². The minimum Gasteiger partial charge on any atom is -0.370 e. The SMILES string of the molecule is I.NC(=NCC1(N2CCSCC2)CCCC1)NC1CCCCC1. The topological polar surface area (TPSA) is 53.6 Å². The zero-order valence-electron chi connectivity index (χ0n) is 14.3. The Kier molecular flexibility index (Phi) is 8.28. The van der Waals surface area contributed by atoms with Gasteiger partial charge >= 0.3 is 0 Å². The summed E-state index contributed by atoms with van der Waals surface area (Å²) in [5.74, 6) is 3.24. The van der Waals surface area contributed by atoms with Gasteiger partial charge in [-0.1, -0.05) is 32.1 Å². The monoisotopic (exact) mass is 452 g/mol. The van der Waals surface area contributed by atoms with Crippen LogP contribution in [0.5, 0.6) is 0 Å². The third-order valence-electron chi connectivity index (χ3n) is 5.72. The number of guanidine groups is 1. The molecule has 0 radical (unpaired) electrons. The van der Waals surface area contributed by atoms with Gasteiger partial charge in [0.05, 0.1) is 6.54 Å². The van der Waals surface area contributed by atoms with E-state index in [9.17, 15) is 0 Å². The lowest BCUT2D eigenvalue weighted by atomic mass is 9.94. The van der Waals surface area contributed by atoms with Gasteiger partial charge < -0.3 is 11.1 Å². The average molecular weight is 452 g/mol. The molecule has 0 aromatic rings. The second-order valence-corrected chi connectivity index (χ2v) is 8.44. The maximum atomic E-state index is 6.19. The van der Waals surface area contributed by atoms with Crippen LogP contribution in [-0.2, 0) is 0 Å². The third-order valence-corrected chi connectivity index (χ3v) is 6.66. The predicted octanol–water partition coefficient (Wildman–Crippen LogP) is 3.20. The van der Waals surface area contributed by atoms with Gasteiger partial charge in [0, 0.05) is 36.2 Å². The van der Waals surface area contributed by atoms with Crippen molar-refractivity contribution in [3.63, 3.8) is 0 Å². The number of aliphatic imine (C=N–C) groups is 1. The lowest BCUT2D eigenvalue weighted by molar-refractivity contribution is 0.112. The summed E-state index contributed by atoms with van der Waals surface area (Å²) in [6.07, 6.45) is 11.9. The molecule has 3 rings (SSSR count). The molecule has 0 amide bonds. The van der Waals surface area contributed by atoms with E-state index >= 15 is 0 Å². The normalized spacial score (nSPS) is 26.7. The number of hydrogen-bond acceptors (Lipinski definition) is 3. The Labute approximate surface area is 162 Å². The summed E-state index contributed by atoms with van der Waals surface area (Å²) >= 11 is 2.09. The quantitative estimate of drug-likeness (QED) is 0.391. The lowest BCUT2D eigenvalue weighted by Gasteiger charge is -2.42. The van der Waals surface area contributed by atoms with Crippen molar-refractivity contribution in [1.29, 1.82) is 0 Å². The Morgan fingerprint density at radius 3 is 2.39 bits per heavy atom. The van der Waals surface area contributed by atoms with Gasteiger partial charge in [0.25, 0.3) is 0 Å². The van der Waals surface area contributed by atoms with E-state index in [0.29, 0.717) is 17.5 Å². The van der Waals surface area contributed by atoms with Gasteiger partial charge in [0.2, 0.25) is 0 Å². The molecule has 3 aliphatic rings. The molecule has 3 fully saturated rings. The van der Waals surface area contributed by atoms with E-state index < -0.39 is 0 Å². The molecular formula is C17H33IN4S. The van der Waals surface area contributed by atoms with Crippen molar-refractivity contribution in [2.45, 2.75) is 69.4 Å². The first kappa shape index (κ1) is 19.6. The Bertz CT molecular complexity index is 373. The molecule has 0 atom stereocenters. The van der Waals surface area contributed by atoms with Crippen LogP contribution in [0.25, 0.3) is 0 Å². The molecule has 0 aromatic carbocycles. The summed E-state index contributed by atoms with van der Waals surface area (Å²) in [5.41, 5.74) is 6.49. The number of hydrogen-bond donors (Lipinski definition) is 2. The van der Waals surface area contributed by atoms with Crippen molar-refractivity contribution in [3.05, 3.63) is 0 Å². The van der Waals surface area contributed by atoms with E-state index in [-0.39, 0.29) is 24.0 Å². The highest BCUT2D eigenvalue weighted by molar-refractivity contribution is 14.0. The van der Waals surface area contributed by atoms with E-state index in [1.807, 2.05) is 0 Å². The summed E-state index contributed by atoms with van der Waals surface area (Å²) in [6.45, 7) is 3.36. The molecule has 4 nitrogen and oxygen atoms in total. The highest BCUT2D eigenvalue weighted by Gasteiger charge is 2.39. The van der Waals surface area contributed by atoms with Gasteiger partial charge in [0.15, 0.2) is 5.96 Å². The van der Waals surface area contributed by atoms with Crippen molar-refractivity contribution in [3.8, 4) is 0 Å². The molecule has 23 heavy (non-hydrogen) atoms. The highest BCUT2D eigenvalue weighted by Crippen LogP contribution is 2.37. The van der Waals surface area contributed by atoms with Crippen LogP contribution in [0.15, 0.2) is 4.99 Å². The first-order chi connectivity index (χ1) is 10.8. The number of nitrogens with two attached hydrogens (primary N) is 1. The summed E-state index contributed by atoms with van der Waals surface area (Å²) in [6, 6.07) is 0.559. The fourth-order valence-corrected chi connectivity index (χ4v) is 5.28. The Morgan fingerprint density at radius 1 is 1.09 bits per heavy atom. The van der Waals surface area contributed by atoms with Crippen LogP contribution in [0.3, 0.4) is 0 Å². The molecule has 1 aliphatic heterocycles. The molecule has 6 heteroatoms. The van der Waals surface area contributed by atoms with Crippen molar-refractivity contribution in [1.82, 2.24) is 10.2 Å². The zero-order chi connectivity index (χ0) is 15.3. The Hall–Kier alpha value is 0.310. The van der Waals surface area contributed by atoms with E-state index in [0.717, 1.165) is 6.54 Å². The summed E-state index contributed by atoms with van der Waals surface area (Å²) < 4.78 is 0. The van der Waals surface area contributed by atoms with Crippen molar-refractivity contribution in [2.24, 2.45) is 10.7 Å².